The zero-order valence-corrected chi connectivity index (χ0v) is 13.2. The zero-order valence-electron chi connectivity index (χ0n) is 12.4. The molecular weight excluding hydrogens is 278 g/mol. The number of likely N-dealkylation sites (tertiary alicyclic amines) is 2. The van der Waals surface area contributed by atoms with Crippen molar-refractivity contribution in [3.8, 4) is 0 Å². The lowest BCUT2D eigenvalue weighted by molar-refractivity contribution is 0.0454. The summed E-state index contributed by atoms with van der Waals surface area (Å²) < 4.78 is 31.5. The van der Waals surface area contributed by atoms with Gasteiger partial charge < -0.3 is 9.64 Å². The summed E-state index contributed by atoms with van der Waals surface area (Å²) >= 11 is 0. The molecule has 0 aromatic rings. The molecule has 20 heavy (non-hydrogen) atoms. The molecule has 0 saturated carbocycles. The summed E-state index contributed by atoms with van der Waals surface area (Å²) in [5, 5.41) is 0. The molecule has 3 rings (SSSR count). The van der Waals surface area contributed by atoms with Gasteiger partial charge in [-0.1, -0.05) is 0 Å². The molecule has 3 heterocycles. The molecule has 3 aliphatic rings. The van der Waals surface area contributed by atoms with Crippen molar-refractivity contribution in [3.63, 3.8) is 0 Å². The van der Waals surface area contributed by atoms with Crippen molar-refractivity contribution >= 4 is 10.0 Å². The van der Waals surface area contributed by atoms with Crippen molar-refractivity contribution in [3.05, 3.63) is 0 Å². The summed E-state index contributed by atoms with van der Waals surface area (Å²) in [6, 6.07) is 0.569. The van der Waals surface area contributed by atoms with Crippen LogP contribution in [0.4, 0.5) is 0 Å². The predicted octanol–water partition coefficient (Wildman–Crippen LogP) is -0.575. The Bertz CT molecular complexity index is 448. The third-order valence-corrected chi connectivity index (χ3v) is 6.88. The van der Waals surface area contributed by atoms with Gasteiger partial charge in [-0.25, -0.2) is 8.42 Å². The summed E-state index contributed by atoms with van der Waals surface area (Å²) in [4.78, 5) is 4.80. The molecule has 0 aromatic carbocycles. The van der Waals surface area contributed by atoms with Crippen molar-refractivity contribution in [1.29, 1.82) is 0 Å². The summed E-state index contributed by atoms with van der Waals surface area (Å²) in [6.45, 7) is 4.28. The minimum atomic E-state index is -3.14. The number of hydrogen-bond donors (Lipinski definition) is 0. The molecule has 0 unspecified atom stereocenters. The number of likely N-dealkylation sites (N-methyl/N-ethyl adjacent to an activating group) is 1. The highest BCUT2D eigenvalue weighted by molar-refractivity contribution is 7.89. The highest BCUT2D eigenvalue weighted by atomic mass is 32.2. The topological polar surface area (TPSA) is 53.1 Å². The standard InChI is InChI=1S/C13H25N3O3S/c1-14-5-3-11(4-6-14)16-9-12-13(10-16)19-7-8-20(17,18)15(12)2/h11-13H,3-10H2,1-2H3/t12-,13+/m1/s1. The monoisotopic (exact) mass is 303 g/mol. The third kappa shape index (κ3) is 2.74. The lowest BCUT2D eigenvalue weighted by Gasteiger charge is -2.35. The van der Waals surface area contributed by atoms with Crippen LogP contribution in [0.5, 0.6) is 0 Å². The van der Waals surface area contributed by atoms with E-state index >= 15 is 0 Å². The average Bonchev–Trinajstić information content (AvgIpc) is 2.78. The SMILES string of the molecule is CN1CCC(N2C[C@@H]3OCCS(=O)(=O)N(C)[C@@H]3C2)CC1. The van der Waals surface area contributed by atoms with Crippen LogP contribution < -0.4 is 0 Å². The highest BCUT2D eigenvalue weighted by Gasteiger charge is 2.44. The predicted molar refractivity (Wildman–Crippen MR) is 77.2 cm³/mol. The molecule has 7 heteroatoms. The zero-order chi connectivity index (χ0) is 14.3. The largest absolute Gasteiger partial charge is 0.374 e. The van der Waals surface area contributed by atoms with Crippen LogP contribution in [0, 0.1) is 0 Å². The van der Waals surface area contributed by atoms with Gasteiger partial charge in [0, 0.05) is 26.2 Å². The molecule has 3 fully saturated rings. The van der Waals surface area contributed by atoms with Crippen LogP contribution in [0.3, 0.4) is 0 Å². The second-order valence-corrected chi connectivity index (χ2v) is 8.45. The van der Waals surface area contributed by atoms with Crippen molar-refractivity contribution in [2.45, 2.75) is 31.0 Å². The first-order valence-electron chi connectivity index (χ1n) is 7.47. The lowest BCUT2D eigenvalue weighted by atomic mass is 10.0. The van der Waals surface area contributed by atoms with E-state index in [-0.39, 0.29) is 17.9 Å². The van der Waals surface area contributed by atoms with Gasteiger partial charge in [0.15, 0.2) is 0 Å². The number of fused-ring (bicyclic) bond motifs is 1. The Kier molecular flexibility index (Phi) is 4.07. The maximum Gasteiger partial charge on any atom is 0.216 e. The number of sulfonamides is 1. The van der Waals surface area contributed by atoms with Crippen LogP contribution in [-0.2, 0) is 14.8 Å². The van der Waals surface area contributed by atoms with E-state index in [0.717, 1.165) is 26.2 Å². The van der Waals surface area contributed by atoms with Crippen LogP contribution in [0.2, 0.25) is 0 Å². The number of hydrogen-bond acceptors (Lipinski definition) is 5. The normalized spacial score (nSPS) is 37.7. The average molecular weight is 303 g/mol. The summed E-state index contributed by atoms with van der Waals surface area (Å²) in [6.07, 6.45) is 2.38. The van der Waals surface area contributed by atoms with Gasteiger partial charge in [-0.05, 0) is 33.0 Å². The van der Waals surface area contributed by atoms with Gasteiger partial charge in [0.2, 0.25) is 10.0 Å². The van der Waals surface area contributed by atoms with Crippen LogP contribution in [0.1, 0.15) is 12.8 Å². The van der Waals surface area contributed by atoms with Crippen LogP contribution >= 0.6 is 0 Å². The summed E-state index contributed by atoms with van der Waals surface area (Å²) in [7, 11) is 0.727. The minimum Gasteiger partial charge on any atom is -0.374 e. The van der Waals surface area contributed by atoms with Crippen molar-refractivity contribution in [2.75, 3.05) is 52.6 Å². The third-order valence-electron chi connectivity index (χ3n) is 5.05. The van der Waals surface area contributed by atoms with E-state index < -0.39 is 10.0 Å². The van der Waals surface area contributed by atoms with Crippen LogP contribution in [-0.4, -0.2) is 93.3 Å². The quantitative estimate of drug-likeness (QED) is 0.649. The van der Waals surface area contributed by atoms with E-state index in [2.05, 4.69) is 16.8 Å². The molecule has 3 aliphatic heterocycles. The molecule has 0 radical (unpaired) electrons. The first-order valence-corrected chi connectivity index (χ1v) is 9.08. The first-order chi connectivity index (χ1) is 9.47. The first kappa shape index (κ1) is 14.7. The molecule has 0 bridgehead atoms. The molecule has 0 aromatic heterocycles. The van der Waals surface area contributed by atoms with E-state index in [1.807, 2.05) is 0 Å². The second kappa shape index (κ2) is 5.53. The molecule has 0 amide bonds. The second-order valence-electron chi connectivity index (χ2n) is 6.30. The molecule has 2 atom stereocenters. The fourth-order valence-electron chi connectivity index (χ4n) is 3.61. The van der Waals surface area contributed by atoms with Gasteiger partial charge in [-0.2, -0.15) is 4.31 Å². The summed E-state index contributed by atoms with van der Waals surface area (Å²) in [5.41, 5.74) is 0. The van der Waals surface area contributed by atoms with Crippen LogP contribution in [0.25, 0.3) is 0 Å². The molecule has 116 valence electrons. The maximum absolute atomic E-state index is 12.1. The van der Waals surface area contributed by atoms with Gasteiger partial charge >= 0.3 is 0 Å². The molecule has 6 nitrogen and oxygen atoms in total. The Morgan fingerprint density at radius 2 is 1.80 bits per heavy atom. The Morgan fingerprint density at radius 1 is 1.10 bits per heavy atom. The van der Waals surface area contributed by atoms with Gasteiger partial charge in [-0.15, -0.1) is 0 Å². The van der Waals surface area contributed by atoms with E-state index in [4.69, 9.17) is 4.74 Å². The van der Waals surface area contributed by atoms with Gasteiger partial charge in [0.05, 0.1) is 24.5 Å². The van der Waals surface area contributed by atoms with Crippen molar-refractivity contribution in [2.24, 2.45) is 0 Å². The van der Waals surface area contributed by atoms with Crippen molar-refractivity contribution in [1.82, 2.24) is 14.1 Å². The number of rotatable bonds is 1. The maximum atomic E-state index is 12.1. The fourth-order valence-corrected chi connectivity index (χ4v) is 4.82. The summed E-state index contributed by atoms with van der Waals surface area (Å²) in [5.74, 6) is 0.116. The molecule has 3 saturated heterocycles. The highest BCUT2D eigenvalue weighted by Crippen LogP contribution is 2.27. The molecular formula is C13H25N3O3S. The Hall–Kier alpha value is -0.210. The number of nitrogens with zero attached hydrogens (tertiary/aromatic N) is 3. The lowest BCUT2D eigenvalue weighted by Crippen LogP contribution is -2.45. The van der Waals surface area contributed by atoms with E-state index in [0.29, 0.717) is 12.6 Å². The van der Waals surface area contributed by atoms with Crippen molar-refractivity contribution < 1.29 is 13.2 Å². The minimum absolute atomic E-state index is 0.0119. The molecule has 0 spiro atoms. The van der Waals surface area contributed by atoms with Crippen LogP contribution in [0.15, 0.2) is 0 Å². The Morgan fingerprint density at radius 3 is 2.50 bits per heavy atom. The van der Waals surface area contributed by atoms with Gasteiger partial charge in [0.25, 0.3) is 0 Å². The van der Waals surface area contributed by atoms with E-state index in [1.165, 1.54) is 12.8 Å². The fraction of sp³-hybridized carbons (Fsp3) is 1.00. The Labute approximate surface area is 121 Å². The smallest absolute Gasteiger partial charge is 0.216 e. The van der Waals surface area contributed by atoms with Gasteiger partial charge in [0.1, 0.15) is 0 Å². The van der Waals surface area contributed by atoms with E-state index in [1.54, 1.807) is 11.4 Å². The number of piperidine rings is 1. The molecule has 0 N–H and O–H groups in total. The van der Waals surface area contributed by atoms with Gasteiger partial charge in [-0.3, -0.25) is 4.90 Å². The van der Waals surface area contributed by atoms with E-state index in [9.17, 15) is 8.42 Å². The molecule has 0 aliphatic carbocycles. The number of ether oxygens (including phenoxy) is 1. The Balaban J connectivity index is 1.69.